The number of hydrogen-bond acceptors (Lipinski definition) is 7. The highest BCUT2D eigenvalue weighted by atomic mass is 32.2. The minimum absolute atomic E-state index is 0.00944. The summed E-state index contributed by atoms with van der Waals surface area (Å²) in [5.74, 6) is 1.36. The van der Waals surface area contributed by atoms with E-state index >= 15 is 0 Å². The van der Waals surface area contributed by atoms with Gasteiger partial charge in [-0.3, -0.25) is 14.9 Å². The average Bonchev–Trinajstić information content (AvgIpc) is 3.34. The Balaban J connectivity index is 1.26. The summed E-state index contributed by atoms with van der Waals surface area (Å²) in [6, 6.07) is 24.6. The number of carbonyl (C=O) groups excluding carboxylic acids is 1. The number of thioether (sulfide) groups is 1. The third-order valence-electron chi connectivity index (χ3n) is 6.70. The average molecular weight is 510 g/mol. The molecule has 37 heavy (non-hydrogen) atoms. The molecule has 0 fully saturated rings. The van der Waals surface area contributed by atoms with Crippen molar-refractivity contribution in [2.45, 2.75) is 36.2 Å². The third kappa shape index (κ3) is 4.53. The fourth-order valence-electron chi connectivity index (χ4n) is 4.86. The van der Waals surface area contributed by atoms with Crippen molar-refractivity contribution in [3.8, 4) is 11.1 Å². The van der Waals surface area contributed by atoms with Gasteiger partial charge in [-0.15, -0.1) is 5.10 Å². The van der Waals surface area contributed by atoms with Crippen LogP contribution < -0.4 is 5.32 Å². The molecule has 8 nitrogen and oxygen atoms in total. The molecule has 1 N–H and O–H groups in total. The molecule has 3 aromatic carbocycles. The molecule has 0 amide bonds. The van der Waals surface area contributed by atoms with E-state index < -0.39 is 11.0 Å². The van der Waals surface area contributed by atoms with E-state index in [2.05, 4.69) is 41.7 Å². The van der Waals surface area contributed by atoms with Crippen LogP contribution in [0.4, 0.5) is 11.6 Å². The van der Waals surface area contributed by atoms with E-state index in [1.54, 1.807) is 16.8 Å². The van der Waals surface area contributed by atoms with Crippen molar-refractivity contribution in [1.29, 1.82) is 0 Å². The number of non-ortho nitro benzene ring substituents is 1. The highest BCUT2D eigenvalue weighted by Crippen LogP contribution is 2.41. The number of ketones is 1. The summed E-state index contributed by atoms with van der Waals surface area (Å²) < 4.78 is 1.74. The smallest absolute Gasteiger partial charge is 0.269 e. The van der Waals surface area contributed by atoms with Crippen LogP contribution in [0.1, 0.15) is 36.4 Å². The molecule has 0 saturated heterocycles. The van der Waals surface area contributed by atoms with Crippen LogP contribution in [-0.2, 0) is 10.5 Å². The largest absolute Gasteiger partial charge is 0.328 e. The number of hydrogen-bond donors (Lipinski definition) is 1. The number of nitrogens with one attached hydrogen (secondary N) is 1. The number of nitro benzene ring substituents is 1. The molecule has 1 atom stereocenters. The Morgan fingerprint density at radius 3 is 2.43 bits per heavy atom. The van der Waals surface area contributed by atoms with Crippen molar-refractivity contribution in [1.82, 2.24) is 14.8 Å². The van der Waals surface area contributed by atoms with Gasteiger partial charge in [0.2, 0.25) is 11.1 Å². The van der Waals surface area contributed by atoms with Gasteiger partial charge in [-0.2, -0.15) is 4.98 Å². The summed E-state index contributed by atoms with van der Waals surface area (Å²) in [6.07, 6.45) is 2.02. The summed E-state index contributed by atoms with van der Waals surface area (Å²) in [5.41, 5.74) is 5.83. The van der Waals surface area contributed by atoms with E-state index in [1.165, 1.54) is 35.0 Å². The second kappa shape index (κ2) is 9.67. The lowest BCUT2D eigenvalue weighted by Gasteiger charge is -2.32. The van der Waals surface area contributed by atoms with Crippen LogP contribution in [0.15, 0.2) is 95.3 Å². The lowest BCUT2D eigenvalue weighted by molar-refractivity contribution is -0.384. The number of nitro groups is 1. The zero-order valence-corrected chi connectivity index (χ0v) is 20.6. The summed E-state index contributed by atoms with van der Waals surface area (Å²) in [4.78, 5) is 28.4. The molecule has 4 aromatic rings. The lowest BCUT2D eigenvalue weighted by Crippen LogP contribution is -2.31. The molecule has 1 aliphatic heterocycles. The summed E-state index contributed by atoms with van der Waals surface area (Å²) >= 11 is 1.53. The maximum absolute atomic E-state index is 13.0. The van der Waals surface area contributed by atoms with E-state index in [0.29, 0.717) is 28.9 Å². The molecule has 0 spiro atoms. The van der Waals surface area contributed by atoms with Gasteiger partial charge < -0.3 is 5.32 Å². The van der Waals surface area contributed by atoms with E-state index in [4.69, 9.17) is 10.1 Å². The second-order valence-corrected chi connectivity index (χ2v) is 10.0. The molecule has 2 aliphatic rings. The first-order chi connectivity index (χ1) is 18.1. The molecule has 9 heteroatoms. The highest BCUT2D eigenvalue weighted by Gasteiger charge is 2.37. The standard InChI is InChI=1S/C28H23N5O3S/c34-24-8-4-7-23-25(24)26(21-13-15-22(16-14-21)33(35)36)32-27(29-23)30-28(31-32)37-17-18-9-11-20(12-10-18)19-5-2-1-3-6-19/h1-3,5-6,9-16,26H,4,7-8,17H2,(H,29,30,31)/t26-/m1/s1. The number of aromatic nitrogens is 3. The molecule has 0 unspecified atom stereocenters. The Labute approximate surface area is 217 Å². The first kappa shape index (κ1) is 23.2. The predicted octanol–water partition coefficient (Wildman–Crippen LogP) is 6.17. The van der Waals surface area contributed by atoms with Crippen molar-refractivity contribution in [2.24, 2.45) is 0 Å². The number of anilines is 1. The lowest BCUT2D eigenvalue weighted by atomic mass is 9.85. The quantitative estimate of drug-likeness (QED) is 0.188. The van der Waals surface area contributed by atoms with Crippen molar-refractivity contribution < 1.29 is 9.72 Å². The summed E-state index contributed by atoms with van der Waals surface area (Å²) in [6.45, 7) is 0. The zero-order valence-electron chi connectivity index (χ0n) is 19.8. The van der Waals surface area contributed by atoms with Crippen molar-refractivity contribution in [3.63, 3.8) is 0 Å². The maximum Gasteiger partial charge on any atom is 0.269 e. The van der Waals surface area contributed by atoms with Gasteiger partial charge in [-0.05, 0) is 47.2 Å². The first-order valence-electron chi connectivity index (χ1n) is 12.1. The first-order valence-corrected chi connectivity index (χ1v) is 13.1. The van der Waals surface area contributed by atoms with Crippen LogP contribution in [0.5, 0.6) is 0 Å². The van der Waals surface area contributed by atoms with E-state index in [-0.39, 0.29) is 11.5 Å². The fourth-order valence-corrected chi connectivity index (χ4v) is 5.64. The van der Waals surface area contributed by atoms with Gasteiger partial charge in [0.1, 0.15) is 6.04 Å². The van der Waals surface area contributed by atoms with Gasteiger partial charge in [-0.1, -0.05) is 66.4 Å². The van der Waals surface area contributed by atoms with Gasteiger partial charge in [0, 0.05) is 35.6 Å². The Kier molecular flexibility index (Phi) is 6.05. The van der Waals surface area contributed by atoms with Crippen LogP contribution >= 0.6 is 11.8 Å². The molecule has 0 saturated carbocycles. The molecular formula is C28H23N5O3S. The molecule has 184 valence electrons. The number of nitrogens with zero attached hydrogens (tertiary/aromatic N) is 4. The summed E-state index contributed by atoms with van der Waals surface area (Å²) in [7, 11) is 0. The molecule has 0 bridgehead atoms. The minimum Gasteiger partial charge on any atom is -0.328 e. The fraction of sp³-hybridized carbons (Fsp3) is 0.179. The number of Topliss-reactive ketones (excluding diaryl/α,β-unsaturated/α-hetero) is 1. The molecular weight excluding hydrogens is 486 g/mol. The molecule has 6 rings (SSSR count). The van der Waals surface area contributed by atoms with Gasteiger partial charge in [0.15, 0.2) is 5.78 Å². The summed E-state index contributed by atoms with van der Waals surface area (Å²) in [5, 5.41) is 19.8. The van der Waals surface area contributed by atoms with Crippen LogP contribution in [-0.4, -0.2) is 25.5 Å². The van der Waals surface area contributed by atoms with Gasteiger partial charge >= 0.3 is 0 Å². The Morgan fingerprint density at radius 2 is 1.70 bits per heavy atom. The maximum atomic E-state index is 13.0. The number of carbonyl (C=O) groups is 1. The van der Waals surface area contributed by atoms with E-state index in [0.717, 1.165) is 29.7 Å². The van der Waals surface area contributed by atoms with Crippen LogP contribution in [0.25, 0.3) is 11.1 Å². The van der Waals surface area contributed by atoms with E-state index in [1.807, 2.05) is 18.2 Å². The zero-order chi connectivity index (χ0) is 25.4. The Hall–Kier alpha value is -4.24. The Bertz CT molecular complexity index is 1510. The topological polar surface area (TPSA) is 103 Å². The van der Waals surface area contributed by atoms with Gasteiger partial charge in [0.05, 0.1) is 4.92 Å². The number of benzene rings is 3. The van der Waals surface area contributed by atoms with Crippen LogP contribution in [0.2, 0.25) is 0 Å². The van der Waals surface area contributed by atoms with Crippen molar-refractivity contribution in [3.05, 3.63) is 111 Å². The normalized spacial score (nSPS) is 16.6. The van der Waals surface area contributed by atoms with Crippen LogP contribution in [0, 0.1) is 10.1 Å². The molecule has 1 aromatic heterocycles. The van der Waals surface area contributed by atoms with E-state index in [9.17, 15) is 14.9 Å². The number of rotatable bonds is 6. The molecule has 2 heterocycles. The predicted molar refractivity (Wildman–Crippen MR) is 142 cm³/mol. The molecule has 1 aliphatic carbocycles. The van der Waals surface area contributed by atoms with Gasteiger partial charge in [0.25, 0.3) is 5.69 Å². The van der Waals surface area contributed by atoms with Crippen molar-refractivity contribution in [2.75, 3.05) is 5.32 Å². The second-order valence-electron chi connectivity index (χ2n) is 9.06. The van der Waals surface area contributed by atoms with Crippen molar-refractivity contribution >= 4 is 29.2 Å². The number of fused-ring (bicyclic) bond motifs is 1. The Morgan fingerprint density at radius 1 is 0.973 bits per heavy atom. The molecule has 0 radical (unpaired) electrons. The highest BCUT2D eigenvalue weighted by molar-refractivity contribution is 7.98. The SMILES string of the molecule is O=C1CCCC2=C1[C@@H](c1ccc([N+](=O)[O-])cc1)n1nc(SCc3ccc(-c4ccccc4)cc3)nc1N2. The van der Waals surface area contributed by atoms with Gasteiger partial charge in [-0.25, -0.2) is 4.68 Å². The minimum atomic E-state index is -0.466. The number of allylic oxidation sites excluding steroid dienone is 2. The van der Waals surface area contributed by atoms with Crippen LogP contribution in [0.3, 0.4) is 0 Å². The third-order valence-corrected chi connectivity index (χ3v) is 7.61. The monoisotopic (exact) mass is 509 g/mol.